The predicted molar refractivity (Wildman–Crippen MR) is 94.5 cm³/mol. The number of carboxylic acid groups (broad SMARTS) is 1. The maximum absolute atomic E-state index is 13.3. The SMILES string of the molecule is CC(F)(F)c1ccc(N2CCN(c3ccc(Cl)c(C(=O)O)c3)C2=O)cc1. The fourth-order valence-electron chi connectivity index (χ4n) is 2.80. The number of hydrogen-bond acceptors (Lipinski definition) is 2. The van der Waals surface area contributed by atoms with Crippen molar-refractivity contribution in [3.63, 3.8) is 0 Å². The second-order valence-corrected chi connectivity index (χ2v) is 6.40. The number of amides is 2. The minimum absolute atomic E-state index is 0.0841. The van der Waals surface area contributed by atoms with Gasteiger partial charge in [-0.3, -0.25) is 9.80 Å². The highest BCUT2D eigenvalue weighted by Crippen LogP contribution is 2.31. The van der Waals surface area contributed by atoms with E-state index in [1.165, 1.54) is 46.2 Å². The van der Waals surface area contributed by atoms with E-state index in [1.807, 2.05) is 0 Å². The molecule has 136 valence electrons. The van der Waals surface area contributed by atoms with Crippen molar-refractivity contribution in [2.24, 2.45) is 0 Å². The fourth-order valence-corrected chi connectivity index (χ4v) is 2.99. The minimum Gasteiger partial charge on any atom is -0.478 e. The molecular weight excluding hydrogens is 366 g/mol. The van der Waals surface area contributed by atoms with Crippen LogP contribution in [-0.2, 0) is 5.92 Å². The molecule has 1 N–H and O–H groups in total. The van der Waals surface area contributed by atoms with Gasteiger partial charge in [-0.05, 0) is 30.3 Å². The number of anilines is 2. The predicted octanol–water partition coefficient (Wildman–Crippen LogP) is 4.60. The number of urea groups is 1. The van der Waals surface area contributed by atoms with Crippen LogP contribution in [0.15, 0.2) is 42.5 Å². The lowest BCUT2D eigenvalue weighted by molar-refractivity contribution is 0.0175. The summed E-state index contributed by atoms with van der Waals surface area (Å²) >= 11 is 5.85. The first kappa shape index (κ1) is 18.1. The summed E-state index contributed by atoms with van der Waals surface area (Å²) in [6, 6.07) is 9.49. The van der Waals surface area contributed by atoms with Crippen LogP contribution in [0.1, 0.15) is 22.8 Å². The van der Waals surface area contributed by atoms with Gasteiger partial charge >= 0.3 is 12.0 Å². The van der Waals surface area contributed by atoms with Crippen LogP contribution in [0.25, 0.3) is 0 Å². The molecule has 26 heavy (non-hydrogen) atoms. The molecule has 0 unspecified atom stereocenters. The number of hydrogen-bond donors (Lipinski definition) is 1. The van der Waals surface area contributed by atoms with Crippen LogP contribution in [0.5, 0.6) is 0 Å². The summed E-state index contributed by atoms with van der Waals surface area (Å²) in [4.78, 5) is 26.8. The van der Waals surface area contributed by atoms with E-state index in [0.29, 0.717) is 24.5 Å². The highest BCUT2D eigenvalue weighted by atomic mass is 35.5. The standard InChI is InChI=1S/C18H15ClF2N2O3/c1-18(20,21)11-2-4-12(5-3-11)22-8-9-23(17(22)26)13-6-7-15(19)14(10-13)16(24)25/h2-7,10H,8-9H2,1H3,(H,24,25). The molecule has 0 aromatic heterocycles. The van der Waals surface area contributed by atoms with E-state index in [4.69, 9.17) is 16.7 Å². The Morgan fingerprint density at radius 1 is 1.08 bits per heavy atom. The van der Waals surface area contributed by atoms with Gasteiger partial charge in [0.15, 0.2) is 0 Å². The Morgan fingerprint density at radius 3 is 2.15 bits per heavy atom. The van der Waals surface area contributed by atoms with Gasteiger partial charge in [-0.2, -0.15) is 0 Å². The third-order valence-corrected chi connectivity index (χ3v) is 4.52. The van der Waals surface area contributed by atoms with E-state index >= 15 is 0 Å². The Morgan fingerprint density at radius 2 is 1.62 bits per heavy atom. The Labute approximate surface area is 153 Å². The lowest BCUT2D eigenvalue weighted by atomic mass is 10.1. The number of alkyl halides is 2. The van der Waals surface area contributed by atoms with Gasteiger partial charge in [-0.25, -0.2) is 18.4 Å². The van der Waals surface area contributed by atoms with Gasteiger partial charge < -0.3 is 5.11 Å². The first-order chi connectivity index (χ1) is 12.2. The van der Waals surface area contributed by atoms with Crippen LogP contribution in [0.4, 0.5) is 25.0 Å². The zero-order chi connectivity index (χ0) is 19.1. The highest BCUT2D eigenvalue weighted by Gasteiger charge is 2.32. The van der Waals surface area contributed by atoms with E-state index < -0.39 is 11.9 Å². The van der Waals surface area contributed by atoms with Gasteiger partial charge in [0.25, 0.3) is 5.92 Å². The van der Waals surface area contributed by atoms with Crippen molar-refractivity contribution in [1.29, 1.82) is 0 Å². The molecule has 0 radical (unpaired) electrons. The van der Waals surface area contributed by atoms with Gasteiger partial charge in [0.2, 0.25) is 0 Å². The number of carbonyl (C=O) groups excluding carboxylic acids is 1. The van der Waals surface area contributed by atoms with E-state index in [2.05, 4.69) is 0 Å². The van der Waals surface area contributed by atoms with Gasteiger partial charge in [-0.15, -0.1) is 0 Å². The summed E-state index contributed by atoms with van der Waals surface area (Å²) in [6.45, 7) is 1.50. The second-order valence-electron chi connectivity index (χ2n) is 5.99. The third kappa shape index (κ3) is 3.35. The molecule has 2 aromatic carbocycles. The van der Waals surface area contributed by atoms with Gasteiger partial charge in [0.1, 0.15) is 0 Å². The molecule has 2 aromatic rings. The maximum atomic E-state index is 13.3. The van der Waals surface area contributed by atoms with Crippen molar-refractivity contribution in [3.05, 3.63) is 58.6 Å². The molecule has 1 heterocycles. The summed E-state index contributed by atoms with van der Waals surface area (Å²) in [5, 5.41) is 9.25. The summed E-state index contributed by atoms with van der Waals surface area (Å²) in [5.74, 6) is -4.13. The molecule has 1 saturated heterocycles. The molecule has 1 aliphatic rings. The summed E-state index contributed by atoms with van der Waals surface area (Å²) in [6.07, 6.45) is 0. The number of benzene rings is 2. The second kappa shape index (κ2) is 6.57. The zero-order valence-electron chi connectivity index (χ0n) is 13.7. The van der Waals surface area contributed by atoms with E-state index in [9.17, 15) is 18.4 Å². The van der Waals surface area contributed by atoms with Crippen LogP contribution in [0.3, 0.4) is 0 Å². The van der Waals surface area contributed by atoms with Crippen molar-refractivity contribution >= 4 is 35.0 Å². The molecule has 1 aliphatic heterocycles. The minimum atomic E-state index is -2.95. The molecule has 1 fully saturated rings. The van der Waals surface area contributed by atoms with Crippen molar-refractivity contribution in [3.8, 4) is 0 Å². The summed E-state index contributed by atoms with van der Waals surface area (Å²) < 4.78 is 26.6. The molecular formula is C18H15ClF2N2O3. The van der Waals surface area contributed by atoms with Crippen LogP contribution in [-0.4, -0.2) is 30.2 Å². The normalized spacial score (nSPS) is 14.8. The van der Waals surface area contributed by atoms with Gasteiger partial charge in [-0.1, -0.05) is 23.7 Å². The van der Waals surface area contributed by atoms with E-state index in [-0.39, 0.29) is 22.2 Å². The Bertz CT molecular complexity index is 866. The Kier molecular flexibility index (Phi) is 4.58. The molecule has 0 bridgehead atoms. The molecule has 0 atom stereocenters. The molecule has 3 rings (SSSR count). The van der Waals surface area contributed by atoms with Crippen molar-refractivity contribution in [1.82, 2.24) is 0 Å². The number of halogens is 3. The first-order valence-corrected chi connectivity index (χ1v) is 8.16. The first-order valence-electron chi connectivity index (χ1n) is 7.79. The van der Waals surface area contributed by atoms with E-state index in [0.717, 1.165) is 6.92 Å². The number of nitrogens with zero attached hydrogens (tertiary/aromatic N) is 2. The van der Waals surface area contributed by atoms with Gasteiger partial charge in [0.05, 0.1) is 10.6 Å². The molecule has 0 aliphatic carbocycles. The lowest BCUT2D eigenvalue weighted by Gasteiger charge is -2.20. The van der Waals surface area contributed by atoms with Crippen LogP contribution in [0, 0.1) is 0 Å². The maximum Gasteiger partial charge on any atom is 0.337 e. The number of carboxylic acids is 1. The van der Waals surface area contributed by atoms with Crippen molar-refractivity contribution in [2.45, 2.75) is 12.8 Å². The Hall–Kier alpha value is -2.67. The molecule has 8 heteroatoms. The van der Waals surface area contributed by atoms with Crippen LogP contribution in [0.2, 0.25) is 5.02 Å². The smallest absolute Gasteiger partial charge is 0.337 e. The van der Waals surface area contributed by atoms with Crippen LogP contribution < -0.4 is 9.80 Å². The topological polar surface area (TPSA) is 60.9 Å². The zero-order valence-corrected chi connectivity index (χ0v) is 14.5. The average Bonchev–Trinajstić information content (AvgIpc) is 2.96. The molecule has 2 amide bonds. The number of carbonyl (C=O) groups is 2. The quantitative estimate of drug-likeness (QED) is 0.843. The van der Waals surface area contributed by atoms with E-state index in [1.54, 1.807) is 6.07 Å². The van der Waals surface area contributed by atoms with Gasteiger partial charge in [0, 0.05) is 37.0 Å². The third-order valence-electron chi connectivity index (χ3n) is 4.19. The summed E-state index contributed by atoms with van der Waals surface area (Å²) in [5.41, 5.74) is 0.687. The number of rotatable bonds is 4. The fraction of sp³-hybridized carbons (Fsp3) is 0.222. The monoisotopic (exact) mass is 380 g/mol. The highest BCUT2D eigenvalue weighted by molar-refractivity contribution is 6.33. The lowest BCUT2D eigenvalue weighted by Crippen LogP contribution is -2.31. The molecule has 0 saturated carbocycles. The van der Waals surface area contributed by atoms with Crippen molar-refractivity contribution in [2.75, 3.05) is 22.9 Å². The molecule has 5 nitrogen and oxygen atoms in total. The number of aromatic carboxylic acids is 1. The summed E-state index contributed by atoms with van der Waals surface area (Å²) in [7, 11) is 0. The molecule has 0 spiro atoms. The van der Waals surface area contributed by atoms with Crippen LogP contribution >= 0.6 is 11.6 Å². The van der Waals surface area contributed by atoms with Crippen molar-refractivity contribution < 1.29 is 23.5 Å². The average molecular weight is 381 g/mol. The largest absolute Gasteiger partial charge is 0.478 e. The Balaban J connectivity index is 1.84.